The number of aromatic nitrogens is 2. The van der Waals surface area contributed by atoms with Crippen molar-refractivity contribution in [2.75, 3.05) is 0 Å². The predicted molar refractivity (Wildman–Crippen MR) is 61.9 cm³/mol. The number of aryl methyl sites for hydroxylation is 1. The first-order chi connectivity index (χ1) is 7.75. The lowest BCUT2D eigenvalue weighted by atomic mass is 10.1. The molecule has 2 aromatic rings. The van der Waals surface area contributed by atoms with Crippen molar-refractivity contribution in [3.05, 3.63) is 22.3 Å². The molecule has 2 heterocycles. The number of aliphatic carboxylic acids is 1. The summed E-state index contributed by atoms with van der Waals surface area (Å²) in [5.74, 6) is -1.17. The lowest BCUT2D eigenvalue weighted by Gasteiger charge is -2.00. The number of hydrogen-bond acceptors (Lipinski definition) is 5. The summed E-state index contributed by atoms with van der Waals surface area (Å²) in [6.07, 6.45) is 3.30. The molecule has 6 heteroatoms. The summed E-state index contributed by atoms with van der Waals surface area (Å²) in [7, 11) is 0. The molecule has 16 heavy (non-hydrogen) atoms. The highest BCUT2D eigenvalue weighted by Crippen LogP contribution is 2.40. The number of nitrogens with zero attached hydrogens (tertiary/aromatic N) is 2. The lowest BCUT2D eigenvalue weighted by molar-refractivity contribution is -0.138. The maximum atomic E-state index is 11.0. The first-order valence-corrected chi connectivity index (χ1v) is 6.56. The van der Waals surface area contributed by atoms with Gasteiger partial charge in [0.25, 0.3) is 0 Å². The van der Waals surface area contributed by atoms with E-state index in [1.54, 1.807) is 23.0 Å². The van der Waals surface area contributed by atoms with Crippen LogP contribution in [0.2, 0.25) is 0 Å². The number of thiazole rings is 2. The summed E-state index contributed by atoms with van der Waals surface area (Å²) in [4.78, 5) is 21.6. The van der Waals surface area contributed by atoms with Gasteiger partial charge in [-0.25, -0.2) is 4.98 Å². The van der Waals surface area contributed by atoms with Gasteiger partial charge >= 0.3 is 5.97 Å². The molecule has 2 aromatic heterocycles. The number of hydrogen-bond donors (Lipinski definition) is 1. The van der Waals surface area contributed by atoms with Crippen LogP contribution in [0.25, 0.3) is 9.88 Å². The lowest BCUT2D eigenvalue weighted by Crippen LogP contribution is -2.08. The van der Waals surface area contributed by atoms with Crippen LogP contribution in [-0.2, 0) is 11.2 Å². The van der Waals surface area contributed by atoms with Crippen LogP contribution in [0.15, 0.2) is 11.7 Å². The Kier molecular flexibility index (Phi) is 2.26. The van der Waals surface area contributed by atoms with Gasteiger partial charge < -0.3 is 5.11 Å². The van der Waals surface area contributed by atoms with Crippen molar-refractivity contribution in [3.8, 4) is 9.88 Å². The van der Waals surface area contributed by atoms with Crippen LogP contribution in [-0.4, -0.2) is 21.0 Å². The molecule has 1 aliphatic rings. The van der Waals surface area contributed by atoms with Crippen molar-refractivity contribution in [1.29, 1.82) is 0 Å². The van der Waals surface area contributed by atoms with Crippen LogP contribution in [0.3, 0.4) is 0 Å². The molecule has 0 bridgehead atoms. The second-order valence-electron chi connectivity index (χ2n) is 3.62. The van der Waals surface area contributed by atoms with Crippen LogP contribution >= 0.6 is 22.7 Å². The van der Waals surface area contributed by atoms with Crippen LogP contribution in [0, 0.1) is 0 Å². The van der Waals surface area contributed by atoms with Crippen molar-refractivity contribution < 1.29 is 9.90 Å². The minimum Gasteiger partial charge on any atom is -0.481 e. The molecule has 0 amide bonds. The zero-order valence-electron chi connectivity index (χ0n) is 8.21. The molecule has 0 spiro atoms. The number of rotatable bonds is 2. The zero-order chi connectivity index (χ0) is 11.1. The Balaban J connectivity index is 2.02. The molecule has 0 aliphatic heterocycles. The molecule has 1 unspecified atom stereocenters. The van der Waals surface area contributed by atoms with E-state index in [1.807, 2.05) is 0 Å². The summed E-state index contributed by atoms with van der Waals surface area (Å²) in [5.41, 5.74) is 2.53. The topological polar surface area (TPSA) is 63.1 Å². The molecular weight excluding hydrogens is 244 g/mol. The van der Waals surface area contributed by atoms with Crippen molar-refractivity contribution in [1.82, 2.24) is 9.97 Å². The van der Waals surface area contributed by atoms with Crippen LogP contribution in [0.5, 0.6) is 0 Å². The molecule has 1 atom stereocenters. The molecule has 0 saturated carbocycles. The van der Waals surface area contributed by atoms with E-state index in [9.17, 15) is 4.79 Å². The van der Waals surface area contributed by atoms with Gasteiger partial charge in [-0.15, -0.1) is 22.7 Å². The van der Waals surface area contributed by atoms with Crippen molar-refractivity contribution in [3.63, 3.8) is 0 Å². The summed E-state index contributed by atoms with van der Waals surface area (Å²) < 4.78 is 0. The average molecular weight is 252 g/mol. The van der Waals surface area contributed by atoms with E-state index in [2.05, 4.69) is 9.97 Å². The predicted octanol–water partition coefficient (Wildman–Crippen LogP) is 2.38. The quantitative estimate of drug-likeness (QED) is 0.891. The number of carboxylic acids is 1. The molecule has 4 nitrogen and oxygen atoms in total. The van der Waals surface area contributed by atoms with E-state index in [0.717, 1.165) is 26.9 Å². The van der Waals surface area contributed by atoms with Gasteiger partial charge in [0.15, 0.2) is 0 Å². The highest BCUT2D eigenvalue weighted by Gasteiger charge is 2.32. The second kappa shape index (κ2) is 3.64. The van der Waals surface area contributed by atoms with Gasteiger partial charge in [-0.2, -0.15) is 0 Å². The zero-order valence-corrected chi connectivity index (χ0v) is 9.85. The Bertz CT molecular complexity index is 533. The summed E-state index contributed by atoms with van der Waals surface area (Å²) in [5, 5.41) is 9.96. The largest absolute Gasteiger partial charge is 0.481 e. The minimum absolute atomic E-state index is 0.409. The highest BCUT2D eigenvalue weighted by molar-refractivity contribution is 7.20. The minimum atomic E-state index is -0.764. The first kappa shape index (κ1) is 9.92. The maximum absolute atomic E-state index is 11.0. The SMILES string of the molecule is O=C(O)C1CCc2sc(-c3cncs3)nc21. The Labute approximate surface area is 99.6 Å². The second-order valence-corrected chi connectivity index (χ2v) is 5.59. The fourth-order valence-electron chi connectivity index (χ4n) is 1.89. The monoisotopic (exact) mass is 252 g/mol. The highest BCUT2D eigenvalue weighted by atomic mass is 32.1. The summed E-state index contributed by atoms with van der Waals surface area (Å²) >= 11 is 3.13. The summed E-state index contributed by atoms with van der Waals surface area (Å²) in [6, 6.07) is 0. The molecule has 1 aliphatic carbocycles. The van der Waals surface area contributed by atoms with E-state index in [1.165, 1.54) is 11.3 Å². The van der Waals surface area contributed by atoms with Crippen molar-refractivity contribution >= 4 is 28.6 Å². The van der Waals surface area contributed by atoms with Gasteiger partial charge in [-0.3, -0.25) is 9.78 Å². The number of fused-ring (bicyclic) bond motifs is 1. The maximum Gasteiger partial charge on any atom is 0.312 e. The van der Waals surface area contributed by atoms with Gasteiger partial charge in [-0.05, 0) is 12.8 Å². The molecule has 0 aromatic carbocycles. The summed E-state index contributed by atoms with van der Waals surface area (Å²) in [6.45, 7) is 0. The Morgan fingerprint density at radius 1 is 1.56 bits per heavy atom. The van der Waals surface area contributed by atoms with Crippen LogP contribution < -0.4 is 0 Å². The van der Waals surface area contributed by atoms with Crippen molar-refractivity contribution in [2.45, 2.75) is 18.8 Å². The van der Waals surface area contributed by atoms with Gasteiger partial charge in [0.2, 0.25) is 0 Å². The number of carboxylic acid groups (broad SMARTS) is 1. The molecule has 0 fully saturated rings. The Morgan fingerprint density at radius 2 is 2.44 bits per heavy atom. The third kappa shape index (κ3) is 1.45. The molecule has 3 rings (SSSR count). The van der Waals surface area contributed by atoms with Crippen LogP contribution in [0.4, 0.5) is 0 Å². The third-order valence-electron chi connectivity index (χ3n) is 2.66. The standard InChI is InChI=1S/C10H8N2O2S2/c13-10(14)5-1-2-6-8(5)12-9(16-6)7-3-11-4-15-7/h3-5H,1-2H2,(H,13,14). The van der Waals surface area contributed by atoms with E-state index < -0.39 is 11.9 Å². The van der Waals surface area contributed by atoms with Crippen molar-refractivity contribution in [2.24, 2.45) is 0 Å². The van der Waals surface area contributed by atoms with E-state index >= 15 is 0 Å². The van der Waals surface area contributed by atoms with E-state index in [4.69, 9.17) is 5.11 Å². The normalized spacial score (nSPS) is 18.6. The van der Waals surface area contributed by atoms with Gasteiger partial charge in [0, 0.05) is 11.1 Å². The molecule has 0 saturated heterocycles. The smallest absolute Gasteiger partial charge is 0.312 e. The molecule has 0 radical (unpaired) electrons. The fraction of sp³-hybridized carbons (Fsp3) is 0.300. The molecule has 1 N–H and O–H groups in total. The fourth-order valence-corrected chi connectivity index (χ4v) is 3.71. The van der Waals surface area contributed by atoms with Gasteiger partial charge in [0.05, 0.1) is 16.1 Å². The van der Waals surface area contributed by atoms with E-state index in [-0.39, 0.29) is 0 Å². The average Bonchev–Trinajstić information content (AvgIpc) is 2.92. The van der Waals surface area contributed by atoms with Gasteiger partial charge in [0.1, 0.15) is 10.9 Å². The molecular formula is C10H8N2O2S2. The molecule has 82 valence electrons. The van der Waals surface area contributed by atoms with Crippen LogP contribution in [0.1, 0.15) is 22.9 Å². The first-order valence-electron chi connectivity index (χ1n) is 4.87. The third-order valence-corrected chi connectivity index (χ3v) is 4.73. The Morgan fingerprint density at radius 3 is 3.12 bits per heavy atom. The Hall–Kier alpha value is -1.27. The van der Waals surface area contributed by atoms with Gasteiger partial charge in [-0.1, -0.05) is 0 Å². The number of carbonyl (C=O) groups is 1. The van der Waals surface area contributed by atoms with E-state index in [0.29, 0.717) is 6.42 Å².